The molecule has 0 spiro atoms. The van der Waals surface area contributed by atoms with Crippen LogP contribution in [0.5, 0.6) is 0 Å². The normalized spacial score (nSPS) is 13.0. The number of imidazole rings is 1. The van der Waals surface area contributed by atoms with Crippen molar-refractivity contribution in [3.05, 3.63) is 60.2 Å². The van der Waals surface area contributed by atoms with E-state index in [2.05, 4.69) is 4.98 Å². The first-order chi connectivity index (χ1) is 11.8. The number of halogens is 4. The molecule has 1 atom stereocenters. The highest BCUT2D eigenvalue weighted by atomic mass is 19.4. The van der Waals surface area contributed by atoms with Gasteiger partial charge in [0.2, 0.25) is 0 Å². The van der Waals surface area contributed by atoms with E-state index in [1.807, 2.05) is 5.32 Å². The molecule has 0 saturated heterocycles. The third-order valence-electron chi connectivity index (χ3n) is 3.70. The van der Waals surface area contributed by atoms with Crippen LogP contribution in [0.2, 0.25) is 0 Å². The van der Waals surface area contributed by atoms with Crippen molar-refractivity contribution in [1.29, 1.82) is 0 Å². The van der Waals surface area contributed by atoms with Gasteiger partial charge in [-0.25, -0.2) is 9.37 Å². The lowest BCUT2D eigenvalue weighted by Gasteiger charge is -2.16. The van der Waals surface area contributed by atoms with Crippen molar-refractivity contribution < 1.29 is 22.4 Å². The van der Waals surface area contributed by atoms with Gasteiger partial charge >= 0.3 is 6.18 Å². The number of amides is 1. The first-order valence-electron chi connectivity index (χ1n) is 7.38. The first-order valence-corrected chi connectivity index (χ1v) is 7.38. The summed E-state index contributed by atoms with van der Waals surface area (Å²) in [4.78, 5) is 16.5. The van der Waals surface area contributed by atoms with E-state index in [-0.39, 0.29) is 5.69 Å². The Kier molecular flexibility index (Phi) is 4.20. The molecule has 1 N–H and O–H groups in total. The largest absolute Gasteiger partial charge is 0.408 e. The van der Waals surface area contributed by atoms with Gasteiger partial charge in [0.05, 0.1) is 5.52 Å². The summed E-state index contributed by atoms with van der Waals surface area (Å²) in [5.41, 5.74) is 0.759. The van der Waals surface area contributed by atoms with Crippen LogP contribution in [0.25, 0.3) is 16.9 Å². The van der Waals surface area contributed by atoms with Gasteiger partial charge in [-0.2, -0.15) is 13.2 Å². The summed E-state index contributed by atoms with van der Waals surface area (Å²) in [6, 6.07) is 8.36. The topological polar surface area (TPSA) is 46.4 Å². The number of aromatic nitrogens is 2. The SMILES string of the molecule is CC(NC(=O)c1nc(-c2ccc(F)cc2)n2ccccc12)C(F)(F)F. The Balaban J connectivity index is 2.05. The lowest BCUT2D eigenvalue weighted by Crippen LogP contribution is -2.43. The van der Waals surface area contributed by atoms with Crippen LogP contribution in [0.1, 0.15) is 17.4 Å². The molecular weight excluding hydrogens is 338 g/mol. The number of carbonyl (C=O) groups excluding carboxylic acids is 1. The zero-order valence-electron chi connectivity index (χ0n) is 13.0. The Hall–Kier alpha value is -2.90. The number of carbonyl (C=O) groups is 1. The number of hydrogen-bond acceptors (Lipinski definition) is 2. The van der Waals surface area contributed by atoms with Gasteiger partial charge in [-0.15, -0.1) is 0 Å². The van der Waals surface area contributed by atoms with E-state index in [1.165, 1.54) is 24.3 Å². The van der Waals surface area contributed by atoms with E-state index in [0.717, 1.165) is 6.92 Å². The van der Waals surface area contributed by atoms with Gasteiger partial charge in [0, 0.05) is 11.8 Å². The van der Waals surface area contributed by atoms with Crippen LogP contribution in [-0.2, 0) is 0 Å². The summed E-state index contributed by atoms with van der Waals surface area (Å²) in [5.74, 6) is -1.02. The zero-order chi connectivity index (χ0) is 18.2. The Morgan fingerprint density at radius 2 is 1.84 bits per heavy atom. The molecule has 2 heterocycles. The van der Waals surface area contributed by atoms with Crippen molar-refractivity contribution in [2.75, 3.05) is 0 Å². The molecule has 0 aliphatic rings. The molecule has 25 heavy (non-hydrogen) atoms. The molecule has 0 aliphatic heterocycles. The summed E-state index contributed by atoms with van der Waals surface area (Å²) < 4.78 is 52.7. The van der Waals surface area contributed by atoms with Crippen molar-refractivity contribution in [1.82, 2.24) is 14.7 Å². The highest BCUT2D eigenvalue weighted by Crippen LogP contribution is 2.24. The smallest absolute Gasteiger partial charge is 0.339 e. The lowest BCUT2D eigenvalue weighted by molar-refractivity contribution is -0.149. The lowest BCUT2D eigenvalue weighted by atomic mass is 10.2. The molecule has 3 rings (SSSR count). The standard InChI is InChI=1S/C17H13F4N3O/c1-10(17(19,20)21)22-16(25)14-13-4-2-3-9-24(13)15(23-14)11-5-7-12(18)8-6-11/h2-10H,1H3,(H,22,25). The van der Waals surface area contributed by atoms with Gasteiger partial charge in [0.1, 0.15) is 17.7 Å². The molecule has 0 bridgehead atoms. The van der Waals surface area contributed by atoms with Crippen LogP contribution in [0.3, 0.4) is 0 Å². The Morgan fingerprint density at radius 3 is 2.48 bits per heavy atom. The van der Waals surface area contributed by atoms with Crippen LogP contribution in [0.4, 0.5) is 17.6 Å². The minimum absolute atomic E-state index is 0.129. The number of benzene rings is 1. The summed E-state index contributed by atoms with van der Waals surface area (Å²) >= 11 is 0. The number of nitrogens with one attached hydrogen (secondary N) is 1. The van der Waals surface area contributed by atoms with Gasteiger partial charge in [0.25, 0.3) is 5.91 Å². The molecule has 0 fully saturated rings. The summed E-state index contributed by atoms with van der Waals surface area (Å²) in [7, 11) is 0. The zero-order valence-corrected chi connectivity index (χ0v) is 13.0. The second-order valence-electron chi connectivity index (χ2n) is 5.48. The average Bonchev–Trinajstić information content (AvgIpc) is 2.94. The first kappa shape index (κ1) is 16.9. The molecule has 130 valence electrons. The quantitative estimate of drug-likeness (QED) is 0.729. The number of pyridine rings is 1. The predicted molar refractivity (Wildman–Crippen MR) is 83.6 cm³/mol. The van der Waals surface area contributed by atoms with E-state index in [4.69, 9.17) is 0 Å². The molecule has 1 amide bonds. The fourth-order valence-electron chi connectivity index (χ4n) is 2.35. The number of alkyl halides is 3. The van der Waals surface area contributed by atoms with Gasteiger partial charge in [-0.05, 0) is 43.3 Å². The molecule has 2 aromatic heterocycles. The fourth-order valence-corrected chi connectivity index (χ4v) is 2.35. The molecule has 8 heteroatoms. The number of hydrogen-bond donors (Lipinski definition) is 1. The van der Waals surface area contributed by atoms with Gasteiger partial charge in [-0.3, -0.25) is 9.20 Å². The second kappa shape index (κ2) is 6.19. The van der Waals surface area contributed by atoms with E-state index >= 15 is 0 Å². The maximum Gasteiger partial charge on any atom is 0.408 e. The van der Waals surface area contributed by atoms with Crippen molar-refractivity contribution in [3.63, 3.8) is 0 Å². The maximum absolute atomic E-state index is 13.1. The van der Waals surface area contributed by atoms with Crippen molar-refractivity contribution >= 4 is 11.4 Å². The molecule has 0 radical (unpaired) electrons. The van der Waals surface area contributed by atoms with Gasteiger partial charge in [0.15, 0.2) is 5.69 Å². The minimum atomic E-state index is -4.55. The Bertz CT molecular complexity index is 916. The second-order valence-corrected chi connectivity index (χ2v) is 5.48. The third kappa shape index (κ3) is 3.33. The van der Waals surface area contributed by atoms with Crippen molar-refractivity contribution in [2.24, 2.45) is 0 Å². The van der Waals surface area contributed by atoms with Crippen molar-refractivity contribution in [2.45, 2.75) is 19.1 Å². The highest BCUT2D eigenvalue weighted by molar-refractivity contribution is 6.00. The Morgan fingerprint density at radius 1 is 1.16 bits per heavy atom. The van der Waals surface area contributed by atoms with Crippen LogP contribution in [-0.4, -0.2) is 27.5 Å². The summed E-state index contributed by atoms with van der Waals surface area (Å²) in [5, 5.41) is 1.90. The van der Waals surface area contributed by atoms with Gasteiger partial charge < -0.3 is 5.32 Å². The monoisotopic (exact) mass is 351 g/mol. The Labute approximate surface area is 140 Å². The number of fused-ring (bicyclic) bond motifs is 1. The maximum atomic E-state index is 13.1. The van der Waals surface area contributed by atoms with E-state index in [0.29, 0.717) is 16.9 Å². The van der Waals surface area contributed by atoms with Crippen LogP contribution < -0.4 is 5.32 Å². The minimum Gasteiger partial charge on any atom is -0.339 e. The molecule has 0 saturated carbocycles. The molecule has 0 aliphatic carbocycles. The number of rotatable bonds is 3. The highest BCUT2D eigenvalue weighted by Gasteiger charge is 2.37. The average molecular weight is 351 g/mol. The van der Waals surface area contributed by atoms with E-state index in [1.54, 1.807) is 28.8 Å². The summed E-state index contributed by atoms with van der Waals surface area (Å²) in [6.07, 6.45) is -2.92. The van der Waals surface area contributed by atoms with Crippen LogP contribution in [0, 0.1) is 5.82 Å². The van der Waals surface area contributed by atoms with Crippen molar-refractivity contribution in [3.8, 4) is 11.4 Å². The molecule has 1 aromatic carbocycles. The van der Waals surface area contributed by atoms with E-state index < -0.39 is 23.9 Å². The number of nitrogens with zero attached hydrogens (tertiary/aromatic N) is 2. The molecule has 3 aromatic rings. The molecule has 1 unspecified atom stereocenters. The van der Waals surface area contributed by atoms with Crippen LogP contribution in [0.15, 0.2) is 48.7 Å². The van der Waals surface area contributed by atoms with Crippen LogP contribution >= 0.6 is 0 Å². The fraction of sp³-hybridized carbons (Fsp3) is 0.176. The molecular formula is C17H13F4N3O. The third-order valence-corrected chi connectivity index (χ3v) is 3.70. The molecule has 4 nitrogen and oxygen atoms in total. The van der Waals surface area contributed by atoms with E-state index in [9.17, 15) is 22.4 Å². The summed E-state index contributed by atoms with van der Waals surface area (Å²) in [6.45, 7) is 0.858. The van der Waals surface area contributed by atoms with Gasteiger partial charge in [-0.1, -0.05) is 6.07 Å². The predicted octanol–water partition coefficient (Wildman–Crippen LogP) is 3.82.